The lowest BCUT2D eigenvalue weighted by molar-refractivity contribution is 0.466. The number of benzene rings is 1. The lowest BCUT2D eigenvalue weighted by Gasteiger charge is -2.19. The summed E-state index contributed by atoms with van der Waals surface area (Å²) in [5.74, 6) is 0. The van der Waals surface area contributed by atoms with Crippen LogP contribution in [0.1, 0.15) is 31.2 Å². The van der Waals surface area contributed by atoms with Crippen molar-refractivity contribution in [1.29, 1.82) is 0 Å². The van der Waals surface area contributed by atoms with Crippen LogP contribution in [-0.4, -0.2) is 6.04 Å². The van der Waals surface area contributed by atoms with E-state index in [4.69, 9.17) is 0 Å². The Morgan fingerprint density at radius 2 is 2.00 bits per heavy atom. The van der Waals surface area contributed by atoms with Crippen LogP contribution in [0.15, 0.2) is 30.3 Å². The Morgan fingerprint density at radius 1 is 1.15 bits per heavy atom. The fraction of sp³-hybridized carbons (Fsp3) is 0.500. The Morgan fingerprint density at radius 3 is 2.77 bits per heavy atom. The van der Waals surface area contributed by atoms with Gasteiger partial charge in [-0.1, -0.05) is 43.2 Å². The Hall–Kier alpha value is -0.820. The predicted molar refractivity (Wildman–Crippen MR) is 53.5 cm³/mol. The van der Waals surface area contributed by atoms with Gasteiger partial charge in [0.05, 0.1) is 5.54 Å². The summed E-state index contributed by atoms with van der Waals surface area (Å²) in [4.78, 5) is 0. The molecular weight excluding hydrogens is 158 g/mol. The summed E-state index contributed by atoms with van der Waals surface area (Å²) in [6, 6.07) is 11.7. The van der Waals surface area contributed by atoms with Gasteiger partial charge in [0.25, 0.3) is 0 Å². The highest BCUT2D eigenvalue weighted by molar-refractivity contribution is 5.34. The molecule has 0 aromatic heterocycles. The summed E-state index contributed by atoms with van der Waals surface area (Å²) in [6.07, 6.45) is 5.50. The molecular formula is C12H15N. The maximum Gasteiger partial charge on any atom is 0.0593 e. The zero-order valence-corrected chi connectivity index (χ0v) is 7.79. The van der Waals surface area contributed by atoms with Gasteiger partial charge < -0.3 is 5.32 Å². The Labute approximate surface area is 79.2 Å². The van der Waals surface area contributed by atoms with Gasteiger partial charge in [0, 0.05) is 6.04 Å². The lowest BCUT2D eigenvalue weighted by atomic mass is 9.84. The molecule has 13 heavy (non-hydrogen) atoms. The molecule has 0 radical (unpaired) electrons. The second-order valence-electron chi connectivity index (χ2n) is 4.28. The van der Waals surface area contributed by atoms with E-state index < -0.39 is 0 Å². The van der Waals surface area contributed by atoms with Crippen LogP contribution in [0, 0.1) is 0 Å². The number of hydrogen-bond donors (Lipinski definition) is 1. The molecule has 1 aromatic carbocycles. The fourth-order valence-corrected chi connectivity index (χ4v) is 2.75. The van der Waals surface area contributed by atoms with E-state index in [0.29, 0.717) is 5.54 Å². The van der Waals surface area contributed by atoms with E-state index in [1.54, 1.807) is 0 Å². The first-order valence-electron chi connectivity index (χ1n) is 5.25. The minimum atomic E-state index is 0.388. The fourth-order valence-electron chi connectivity index (χ4n) is 2.75. The van der Waals surface area contributed by atoms with Crippen LogP contribution in [0.4, 0.5) is 0 Å². The highest BCUT2D eigenvalue weighted by atomic mass is 15.2. The van der Waals surface area contributed by atoms with E-state index >= 15 is 0 Å². The molecule has 1 saturated heterocycles. The molecule has 2 atom stereocenters. The largest absolute Gasteiger partial charge is 0.301 e. The highest BCUT2D eigenvalue weighted by Gasteiger charge is 2.55. The number of nitrogens with one attached hydrogen (secondary N) is 1. The van der Waals surface area contributed by atoms with Crippen LogP contribution in [0.3, 0.4) is 0 Å². The first kappa shape index (κ1) is 7.57. The van der Waals surface area contributed by atoms with Gasteiger partial charge in [-0.05, 0) is 18.4 Å². The normalized spacial score (nSPS) is 36.8. The van der Waals surface area contributed by atoms with Crippen molar-refractivity contribution in [3.05, 3.63) is 35.9 Å². The summed E-state index contributed by atoms with van der Waals surface area (Å²) < 4.78 is 0. The third-order valence-electron chi connectivity index (χ3n) is 3.55. The van der Waals surface area contributed by atoms with Gasteiger partial charge in [0.1, 0.15) is 0 Å². The van der Waals surface area contributed by atoms with E-state index in [2.05, 4.69) is 35.6 Å². The van der Waals surface area contributed by atoms with Crippen LogP contribution in [-0.2, 0) is 5.54 Å². The highest BCUT2D eigenvalue weighted by Crippen LogP contribution is 2.47. The topological polar surface area (TPSA) is 21.9 Å². The predicted octanol–water partition coefficient (Wildman–Crippen LogP) is 2.43. The molecule has 1 nitrogen and oxygen atoms in total. The van der Waals surface area contributed by atoms with Gasteiger partial charge in [-0.3, -0.25) is 0 Å². The molecule has 2 fully saturated rings. The number of rotatable bonds is 1. The van der Waals surface area contributed by atoms with Gasteiger partial charge >= 0.3 is 0 Å². The van der Waals surface area contributed by atoms with E-state index in [9.17, 15) is 0 Å². The van der Waals surface area contributed by atoms with E-state index in [-0.39, 0.29) is 0 Å². The Balaban J connectivity index is 1.94. The molecule has 1 heteroatoms. The molecule has 0 bridgehead atoms. The maximum absolute atomic E-state index is 3.66. The molecule has 1 unspecified atom stereocenters. The van der Waals surface area contributed by atoms with Gasteiger partial charge in [-0.2, -0.15) is 0 Å². The smallest absolute Gasteiger partial charge is 0.0593 e. The van der Waals surface area contributed by atoms with Gasteiger partial charge in [-0.25, -0.2) is 0 Å². The van der Waals surface area contributed by atoms with Crippen LogP contribution in [0.2, 0.25) is 0 Å². The third kappa shape index (κ3) is 1.03. The summed E-state index contributed by atoms with van der Waals surface area (Å²) in [7, 11) is 0. The zero-order chi connectivity index (χ0) is 8.73. The van der Waals surface area contributed by atoms with Gasteiger partial charge in [0.2, 0.25) is 0 Å². The van der Waals surface area contributed by atoms with Crippen molar-refractivity contribution in [2.75, 3.05) is 0 Å². The minimum Gasteiger partial charge on any atom is -0.301 e. The lowest BCUT2D eigenvalue weighted by Crippen LogP contribution is -2.17. The van der Waals surface area contributed by atoms with Crippen LogP contribution in [0.25, 0.3) is 0 Å². The molecule has 1 heterocycles. The molecule has 1 aromatic rings. The summed E-state index contributed by atoms with van der Waals surface area (Å²) in [5, 5.41) is 3.66. The van der Waals surface area contributed by atoms with Crippen molar-refractivity contribution in [2.24, 2.45) is 0 Å². The van der Waals surface area contributed by atoms with Crippen molar-refractivity contribution in [3.63, 3.8) is 0 Å². The Bertz CT molecular complexity index is 306. The summed E-state index contributed by atoms with van der Waals surface area (Å²) in [5.41, 5.74) is 1.89. The van der Waals surface area contributed by atoms with E-state index in [0.717, 1.165) is 6.04 Å². The van der Waals surface area contributed by atoms with E-state index in [1.165, 1.54) is 31.2 Å². The quantitative estimate of drug-likeness (QED) is 0.647. The molecule has 1 aliphatic carbocycles. The van der Waals surface area contributed by atoms with Crippen molar-refractivity contribution in [3.8, 4) is 0 Å². The standard InChI is InChI=1S/C12H15N/c1-2-6-10(7-3-1)12-9-5-4-8-11(12)13-12/h1-3,6-7,11,13H,4-5,8-9H2/t11?,12-/m0/s1. The van der Waals surface area contributed by atoms with Crippen molar-refractivity contribution < 1.29 is 0 Å². The molecule has 0 amide bonds. The molecule has 2 aliphatic rings. The Kier molecular flexibility index (Phi) is 1.50. The monoisotopic (exact) mass is 173 g/mol. The average Bonchev–Trinajstić information content (AvgIpc) is 2.94. The molecule has 1 N–H and O–H groups in total. The summed E-state index contributed by atoms with van der Waals surface area (Å²) >= 11 is 0. The van der Waals surface area contributed by atoms with Crippen molar-refractivity contribution >= 4 is 0 Å². The minimum absolute atomic E-state index is 0.388. The van der Waals surface area contributed by atoms with Crippen LogP contribution in [0.5, 0.6) is 0 Å². The maximum atomic E-state index is 3.66. The molecule has 1 saturated carbocycles. The molecule has 0 spiro atoms. The van der Waals surface area contributed by atoms with Crippen LogP contribution >= 0.6 is 0 Å². The van der Waals surface area contributed by atoms with Gasteiger partial charge in [-0.15, -0.1) is 0 Å². The number of hydrogen-bond acceptors (Lipinski definition) is 1. The third-order valence-corrected chi connectivity index (χ3v) is 3.55. The first-order chi connectivity index (χ1) is 6.42. The first-order valence-corrected chi connectivity index (χ1v) is 5.25. The summed E-state index contributed by atoms with van der Waals surface area (Å²) in [6.45, 7) is 0. The van der Waals surface area contributed by atoms with E-state index in [1.807, 2.05) is 0 Å². The molecule has 68 valence electrons. The second kappa shape index (κ2) is 2.58. The molecule has 1 aliphatic heterocycles. The average molecular weight is 173 g/mol. The van der Waals surface area contributed by atoms with Crippen LogP contribution < -0.4 is 5.32 Å². The molecule has 3 rings (SSSR count). The number of fused-ring (bicyclic) bond motifs is 1. The van der Waals surface area contributed by atoms with Gasteiger partial charge in [0.15, 0.2) is 0 Å². The second-order valence-corrected chi connectivity index (χ2v) is 4.28. The zero-order valence-electron chi connectivity index (χ0n) is 7.79. The van der Waals surface area contributed by atoms with Crippen molar-refractivity contribution in [1.82, 2.24) is 5.32 Å². The SMILES string of the molecule is c1ccc([C@@]23CCCCC2N3)cc1. The van der Waals surface area contributed by atoms with Crippen molar-refractivity contribution in [2.45, 2.75) is 37.3 Å².